The molecule has 0 fully saturated rings. The van der Waals surface area contributed by atoms with Crippen LogP contribution in [-0.2, 0) is 6.42 Å². The van der Waals surface area contributed by atoms with Crippen molar-refractivity contribution >= 4 is 23.0 Å². The number of phenols is 1. The first-order valence-corrected chi connectivity index (χ1v) is 7.50. The summed E-state index contributed by atoms with van der Waals surface area (Å²) >= 11 is 5.29. The third-order valence-electron chi connectivity index (χ3n) is 3.25. The molecule has 2 rings (SSSR count). The van der Waals surface area contributed by atoms with Crippen LogP contribution >= 0.6 is 12.2 Å². The number of anilines is 1. The highest BCUT2D eigenvalue weighted by Gasteiger charge is 2.10. The van der Waals surface area contributed by atoms with Gasteiger partial charge in [0.25, 0.3) is 0 Å². The molecule has 0 aliphatic heterocycles. The smallest absolute Gasteiger partial charge is 0.171 e. The van der Waals surface area contributed by atoms with Crippen molar-refractivity contribution in [3.8, 4) is 5.75 Å². The van der Waals surface area contributed by atoms with E-state index in [0.29, 0.717) is 11.5 Å². The van der Waals surface area contributed by atoms with Gasteiger partial charge in [-0.05, 0) is 61.0 Å². The van der Waals surface area contributed by atoms with Crippen molar-refractivity contribution in [3.05, 3.63) is 59.7 Å². The molecule has 0 amide bonds. The maximum absolute atomic E-state index is 9.50. The van der Waals surface area contributed by atoms with Crippen LogP contribution in [0.2, 0.25) is 0 Å². The molecule has 0 aliphatic carbocycles. The number of hydrogen-bond donors (Lipinski definition) is 4. The van der Waals surface area contributed by atoms with Gasteiger partial charge in [0.1, 0.15) is 5.75 Å². The van der Waals surface area contributed by atoms with Crippen LogP contribution in [0.3, 0.4) is 0 Å². The van der Waals surface area contributed by atoms with Crippen LogP contribution < -0.4 is 10.6 Å². The number of thiocarbonyl (C=S) groups is 1. The molecule has 0 aliphatic rings. The molecule has 116 valence electrons. The molecule has 0 saturated heterocycles. The van der Waals surface area contributed by atoms with E-state index in [0.717, 1.165) is 16.8 Å². The molecule has 0 aromatic heterocycles. The summed E-state index contributed by atoms with van der Waals surface area (Å²) in [5, 5.41) is 25.5. The van der Waals surface area contributed by atoms with Gasteiger partial charge in [-0.25, -0.2) is 0 Å². The quantitative estimate of drug-likeness (QED) is 0.639. The number of aromatic hydroxyl groups is 1. The van der Waals surface area contributed by atoms with E-state index in [1.807, 2.05) is 43.3 Å². The molecule has 1 unspecified atom stereocenters. The third kappa shape index (κ3) is 5.02. The molecule has 2 aromatic rings. The second-order valence-corrected chi connectivity index (χ2v) is 5.63. The fourth-order valence-corrected chi connectivity index (χ4v) is 2.44. The van der Waals surface area contributed by atoms with Crippen LogP contribution in [0.5, 0.6) is 5.75 Å². The van der Waals surface area contributed by atoms with Gasteiger partial charge in [0, 0.05) is 5.69 Å². The lowest BCUT2D eigenvalue weighted by molar-refractivity contribution is 0.255. The Hall–Kier alpha value is -2.11. The number of aliphatic hydroxyl groups is 1. The Morgan fingerprint density at radius 2 is 1.91 bits per heavy atom. The first kappa shape index (κ1) is 16.3. The highest BCUT2D eigenvalue weighted by Crippen LogP contribution is 2.12. The SMILES string of the molecule is Cc1cccc(NC(=S)NC(CO)Cc2ccc(O)cc2)c1. The number of benzene rings is 2. The van der Waals surface area contributed by atoms with Crippen LogP contribution in [0.4, 0.5) is 5.69 Å². The predicted molar refractivity (Wildman–Crippen MR) is 93.2 cm³/mol. The maximum Gasteiger partial charge on any atom is 0.171 e. The summed E-state index contributed by atoms with van der Waals surface area (Å²) < 4.78 is 0. The van der Waals surface area contributed by atoms with Crippen molar-refractivity contribution in [2.75, 3.05) is 11.9 Å². The van der Waals surface area contributed by atoms with Crippen LogP contribution in [-0.4, -0.2) is 28.0 Å². The minimum atomic E-state index is -0.186. The number of hydrogen-bond acceptors (Lipinski definition) is 3. The largest absolute Gasteiger partial charge is 0.508 e. The molecule has 22 heavy (non-hydrogen) atoms. The monoisotopic (exact) mass is 316 g/mol. The average Bonchev–Trinajstić information content (AvgIpc) is 2.48. The second kappa shape index (κ2) is 7.77. The lowest BCUT2D eigenvalue weighted by Crippen LogP contribution is -2.41. The van der Waals surface area contributed by atoms with Gasteiger partial charge in [-0.2, -0.15) is 0 Å². The minimum absolute atomic E-state index is 0.0312. The van der Waals surface area contributed by atoms with Gasteiger partial charge in [-0.3, -0.25) is 0 Å². The normalized spacial score (nSPS) is 11.7. The first-order chi connectivity index (χ1) is 10.6. The lowest BCUT2D eigenvalue weighted by Gasteiger charge is -2.19. The zero-order valence-corrected chi connectivity index (χ0v) is 13.2. The van der Waals surface area contributed by atoms with Gasteiger partial charge in [-0.1, -0.05) is 24.3 Å². The molecule has 0 radical (unpaired) electrons. The Bertz CT molecular complexity index is 629. The number of aliphatic hydroxyl groups excluding tert-OH is 1. The maximum atomic E-state index is 9.50. The fourth-order valence-electron chi connectivity index (χ4n) is 2.15. The molecular formula is C17H20N2O2S. The van der Waals surface area contributed by atoms with E-state index in [-0.39, 0.29) is 18.4 Å². The summed E-state index contributed by atoms with van der Waals surface area (Å²) in [6.45, 7) is 1.99. The van der Waals surface area contributed by atoms with Gasteiger partial charge >= 0.3 is 0 Å². The Kier molecular flexibility index (Phi) is 5.75. The van der Waals surface area contributed by atoms with Crippen molar-refractivity contribution in [2.45, 2.75) is 19.4 Å². The van der Waals surface area contributed by atoms with E-state index in [1.54, 1.807) is 12.1 Å². The van der Waals surface area contributed by atoms with Gasteiger partial charge < -0.3 is 20.8 Å². The van der Waals surface area contributed by atoms with Gasteiger partial charge in [0.15, 0.2) is 5.11 Å². The predicted octanol–water partition coefficient (Wildman–Crippen LogP) is 2.59. The van der Waals surface area contributed by atoms with E-state index in [9.17, 15) is 10.2 Å². The molecule has 1 atom stereocenters. The van der Waals surface area contributed by atoms with Crippen LogP contribution in [0.1, 0.15) is 11.1 Å². The van der Waals surface area contributed by atoms with Crippen molar-refractivity contribution < 1.29 is 10.2 Å². The van der Waals surface area contributed by atoms with Gasteiger partial charge in [-0.15, -0.1) is 0 Å². The van der Waals surface area contributed by atoms with E-state index in [1.165, 1.54) is 0 Å². The molecular weight excluding hydrogens is 296 g/mol. The van der Waals surface area contributed by atoms with Crippen molar-refractivity contribution in [1.29, 1.82) is 0 Å². The molecule has 0 bridgehead atoms. The molecule has 4 nitrogen and oxygen atoms in total. The van der Waals surface area contributed by atoms with Crippen LogP contribution in [0.15, 0.2) is 48.5 Å². The van der Waals surface area contributed by atoms with Crippen molar-refractivity contribution in [3.63, 3.8) is 0 Å². The summed E-state index contributed by atoms with van der Waals surface area (Å²) in [7, 11) is 0. The highest BCUT2D eigenvalue weighted by atomic mass is 32.1. The highest BCUT2D eigenvalue weighted by molar-refractivity contribution is 7.80. The van der Waals surface area contributed by atoms with E-state index >= 15 is 0 Å². The molecule has 0 heterocycles. The molecule has 0 spiro atoms. The minimum Gasteiger partial charge on any atom is -0.508 e. The Balaban J connectivity index is 1.91. The Labute approximate surface area is 135 Å². The van der Waals surface area contributed by atoms with Crippen molar-refractivity contribution in [2.24, 2.45) is 0 Å². The molecule has 0 saturated carbocycles. The average molecular weight is 316 g/mol. The topological polar surface area (TPSA) is 64.5 Å². The summed E-state index contributed by atoms with van der Waals surface area (Å²) in [6.07, 6.45) is 0.617. The number of nitrogens with one attached hydrogen (secondary N) is 2. The second-order valence-electron chi connectivity index (χ2n) is 5.22. The first-order valence-electron chi connectivity index (χ1n) is 7.10. The zero-order chi connectivity index (χ0) is 15.9. The van der Waals surface area contributed by atoms with E-state index in [2.05, 4.69) is 10.6 Å². The van der Waals surface area contributed by atoms with Crippen LogP contribution in [0.25, 0.3) is 0 Å². The van der Waals surface area contributed by atoms with Crippen LogP contribution in [0, 0.1) is 6.92 Å². The standard InChI is InChI=1S/C17H20N2O2S/c1-12-3-2-4-14(9-12)18-17(22)19-15(11-20)10-13-5-7-16(21)8-6-13/h2-9,15,20-21H,10-11H2,1H3,(H2,18,19,22). The van der Waals surface area contributed by atoms with Gasteiger partial charge in [0.05, 0.1) is 12.6 Å². The zero-order valence-electron chi connectivity index (χ0n) is 12.4. The number of phenolic OH excluding ortho intramolecular Hbond substituents is 1. The molecule has 4 N–H and O–H groups in total. The number of aryl methyl sites for hydroxylation is 1. The van der Waals surface area contributed by atoms with Crippen molar-refractivity contribution in [1.82, 2.24) is 5.32 Å². The Morgan fingerprint density at radius 1 is 1.18 bits per heavy atom. The third-order valence-corrected chi connectivity index (χ3v) is 3.47. The van der Waals surface area contributed by atoms with Gasteiger partial charge in [0.2, 0.25) is 0 Å². The summed E-state index contributed by atoms with van der Waals surface area (Å²) in [5.41, 5.74) is 3.08. The summed E-state index contributed by atoms with van der Waals surface area (Å²) in [5.74, 6) is 0.230. The van der Waals surface area contributed by atoms with E-state index < -0.39 is 0 Å². The summed E-state index contributed by atoms with van der Waals surface area (Å²) in [6, 6.07) is 14.7. The molecule has 5 heteroatoms. The van der Waals surface area contributed by atoms with E-state index in [4.69, 9.17) is 12.2 Å². The lowest BCUT2D eigenvalue weighted by atomic mass is 10.1. The Morgan fingerprint density at radius 3 is 2.55 bits per heavy atom. The summed E-state index contributed by atoms with van der Waals surface area (Å²) in [4.78, 5) is 0. The molecule has 2 aromatic carbocycles. The fraction of sp³-hybridized carbons (Fsp3) is 0.235. The number of rotatable bonds is 5.